The summed E-state index contributed by atoms with van der Waals surface area (Å²) in [7, 11) is 0. The predicted octanol–water partition coefficient (Wildman–Crippen LogP) is 3.10. The molecule has 1 saturated carbocycles. The van der Waals surface area contributed by atoms with Gasteiger partial charge in [-0.2, -0.15) is 0 Å². The summed E-state index contributed by atoms with van der Waals surface area (Å²) < 4.78 is 0. The van der Waals surface area contributed by atoms with Crippen LogP contribution in [0.1, 0.15) is 17.5 Å². The van der Waals surface area contributed by atoms with Crippen LogP contribution in [0.15, 0.2) is 60.7 Å². The van der Waals surface area contributed by atoms with Crippen molar-refractivity contribution in [2.75, 3.05) is 6.67 Å². The first-order valence-corrected chi connectivity index (χ1v) is 7.46. The Balaban J connectivity index is 1.41. The second-order valence-electron chi connectivity index (χ2n) is 5.98. The lowest BCUT2D eigenvalue weighted by Gasteiger charge is -2.23. The van der Waals surface area contributed by atoms with Crippen molar-refractivity contribution in [3.63, 3.8) is 0 Å². The minimum atomic E-state index is 0.791. The SMILES string of the molecule is c1ccc(CN2CN(Cc3ccccc3)C3CC32)cc1. The molecule has 2 aromatic rings. The third-order valence-electron chi connectivity index (χ3n) is 4.48. The maximum Gasteiger partial charge on any atom is 0.0519 e. The van der Waals surface area contributed by atoms with Crippen molar-refractivity contribution >= 4 is 0 Å². The largest absolute Gasteiger partial charge is 0.282 e. The van der Waals surface area contributed by atoms with Crippen LogP contribution in [0.25, 0.3) is 0 Å². The number of hydrogen-bond donors (Lipinski definition) is 0. The molecule has 4 rings (SSSR count). The molecule has 102 valence electrons. The Morgan fingerprint density at radius 1 is 0.700 bits per heavy atom. The molecule has 1 aliphatic carbocycles. The average molecular weight is 264 g/mol. The summed E-state index contributed by atoms with van der Waals surface area (Å²) in [5, 5.41) is 0. The van der Waals surface area contributed by atoms with E-state index in [4.69, 9.17) is 0 Å². The number of nitrogens with zero attached hydrogens (tertiary/aromatic N) is 2. The molecule has 2 aliphatic rings. The smallest absolute Gasteiger partial charge is 0.0519 e. The lowest BCUT2D eigenvalue weighted by molar-refractivity contribution is 0.181. The second kappa shape index (κ2) is 5.04. The van der Waals surface area contributed by atoms with Crippen molar-refractivity contribution < 1.29 is 0 Å². The van der Waals surface area contributed by atoms with Gasteiger partial charge in [0, 0.05) is 25.2 Å². The molecule has 1 heterocycles. The van der Waals surface area contributed by atoms with Crippen molar-refractivity contribution in [2.24, 2.45) is 0 Å². The average Bonchev–Trinajstić information content (AvgIpc) is 3.22. The van der Waals surface area contributed by atoms with E-state index in [0.717, 1.165) is 31.8 Å². The van der Waals surface area contributed by atoms with Gasteiger partial charge >= 0.3 is 0 Å². The maximum atomic E-state index is 2.63. The van der Waals surface area contributed by atoms with E-state index >= 15 is 0 Å². The van der Waals surface area contributed by atoms with Crippen molar-refractivity contribution in [1.29, 1.82) is 0 Å². The Kier molecular flexibility index (Phi) is 3.06. The zero-order valence-corrected chi connectivity index (χ0v) is 11.7. The van der Waals surface area contributed by atoms with Crippen molar-refractivity contribution in [2.45, 2.75) is 31.6 Å². The van der Waals surface area contributed by atoms with Gasteiger partial charge in [0.2, 0.25) is 0 Å². The lowest BCUT2D eigenvalue weighted by Crippen LogP contribution is -2.30. The Hall–Kier alpha value is -1.64. The topological polar surface area (TPSA) is 6.48 Å². The minimum Gasteiger partial charge on any atom is -0.282 e. The number of fused-ring (bicyclic) bond motifs is 1. The van der Waals surface area contributed by atoms with Crippen LogP contribution >= 0.6 is 0 Å². The first-order valence-electron chi connectivity index (χ1n) is 7.46. The fraction of sp³-hybridized carbons (Fsp3) is 0.333. The zero-order valence-electron chi connectivity index (χ0n) is 11.7. The Bertz CT molecular complexity index is 515. The summed E-state index contributed by atoms with van der Waals surface area (Å²) in [6.07, 6.45) is 1.35. The van der Waals surface area contributed by atoms with Crippen LogP contribution in [0.2, 0.25) is 0 Å². The highest BCUT2D eigenvalue weighted by molar-refractivity contribution is 5.19. The summed E-state index contributed by atoms with van der Waals surface area (Å²) in [6.45, 7) is 3.29. The van der Waals surface area contributed by atoms with E-state index in [1.807, 2.05) is 0 Å². The van der Waals surface area contributed by atoms with Crippen molar-refractivity contribution in [3.05, 3.63) is 71.8 Å². The molecular formula is C18H20N2. The molecule has 2 atom stereocenters. The molecule has 0 bridgehead atoms. The summed E-state index contributed by atoms with van der Waals surface area (Å²) in [4.78, 5) is 5.26. The second-order valence-corrected chi connectivity index (χ2v) is 5.98. The van der Waals surface area contributed by atoms with E-state index in [-0.39, 0.29) is 0 Å². The molecule has 20 heavy (non-hydrogen) atoms. The Morgan fingerprint density at radius 3 is 1.60 bits per heavy atom. The summed E-state index contributed by atoms with van der Waals surface area (Å²) >= 11 is 0. The number of hydrogen-bond acceptors (Lipinski definition) is 2. The van der Waals surface area contributed by atoms with Gasteiger partial charge in [-0.25, -0.2) is 0 Å². The van der Waals surface area contributed by atoms with Gasteiger partial charge < -0.3 is 0 Å². The Labute approximate surface area is 120 Å². The lowest BCUT2D eigenvalue weighted by atomic mass is 10.2. The van der Waals surface area contributed by atoms with Gasteiger partial charge in [-0.05, 0) is 17.5 Å². The van der Waals surface area contributed by atoms with E-state index < -0.39 is 0 Å². The first kappa shape index (κ1) is 12.1. The molecule has 0 radical (unpaired) electrons. The summed E-state index contributed by atoms with van der Waals surface area (Å²) in [6, 6.07) is 23.2. The molecule has 0 aromatic heterocycles. The Morgan fingerprint density at radius 2 is 1.15 bits per heavy atom. The molecule has 1 aliphatic heterocycles. The van der Waals surface area contributed by atoms with Crippen LogP contribution < -0.4 is 0 Å². The summed E-state index contributed by atoms with van der Waals surface area (Å²) in [5.74, 6) is 0. The normalized spacial score (nSPS) is 25.6. The van der Waals surface area contributed by atoms with Gasteiger partial charge in [-0.1, -0.05) is 60.7 Å². The fourth-order valence-electron chi connectivity index (χ4n) is 3.37. The predicted molar refractivity (Wildman–Crippen MR) is 81.0 cm³/mol. The van der Waals surface area contributed by atoms with Crippen LogP contribution in [-0.2, 0) is 13.1 Å². The standard InChI is InChI=1S/C18H20N2/c1-3-7-15(8-4-1)12-19-14-20(18-11-17(18)19)13-16-9-5-2-6-10-16/h1-10,17-18H,11-14H2. The van der Waals surface area contributed by atoms with E-state index in [1.165, 1.54) is 17.5 Å². The van der Waals surface area contributed by atoms with E-state index in [9.17, 15) is 0 Å². The molecule has 1 saturated heterocycles. The molecular weight excluding hydrogens is 244 g/mol. The van der Waals surface area contributed by atoms with Gasteiger partial charge in [0.15, 0.2) is 0 Å². The molecule has 0 amide bonds. The van der Waals surface area contributed by atoms with Crippen LogP contribution in [0, 0.1) is 0 Å². The van der Waals surface area contributed by atoms with Gasteiger partial charge in [0.25, 0.3) is 0 Å². The number of benzene rings is 2. The van der Waals surface area contributed by atoms with Crippen LogP contribution in [-0.4, -0.2) is 28.6 Å². The molecule has 2 aromatic carbocycles. The van der Waals surface area contributed by atoms with Gasteiger partial charge in [0.1, 0.15) is 0 Å². The molecule has 2 nitrogen and oxygen atoms in total. The monoisotopic (exact) mass is 264 g/mol. The quantitative estimate of drug-likeness (QED) is 0.837. The van der Waals surface area contributed by atoms with Gasteiger partial charge in [-0.3, -0.25) is 9.80 Å². The highest BCUT2D eigenvalue weighted by Gasteiger charge is 2.51. The highest BCUT2D eigenvalue weighted by Crippen LogP contribution is 2.41. The molecule has 2 heteroatoms. The zero-order chi connectivity index (χ0) is 13.4. The maximum absolute atomic E-state index is 2.63. The van der Waals surface area contributed by atoms with E-state index in [0.29, 0.717) is 0 Å². The van der Waals surface area contributed by atoms with E-state index in [1.54, 1.807) is 0 Å². The van der Waals surface area contributed by atoms with Crippen LogP contribution in [0.3, 0.4) is 0 Å². The highest BCUT2D eigenvalue weighted by atomic mass is 15.5. The number of rotatable bonds is 4. The van der Waals surface area contributed by atoms with Crippen LogP contribution in [0.4, 0.5) is 0 Å². The summed E-state index contributed by atoms with van der Waals surface area (Å²) in [5.41, 5.74) is 2.86. The molecule has 0 N–H and O–H groups in total. The van der Waals surface area contributed by atoms with Gasteiger partial charge in [-0.15, -0.1) is 0 Å². The third-order valence-corrected chi connectivity index (χ3v) is 4.48. The molecule has 2 unspecified atom stereocenters. The fourth-order valence-corrected chi connectivity index (χ4v) is 3.37. The third kappa shape index (κ3) is 2.37. The van der Waals surface area contributed by atoms with Gasteiger partial charge in [0.05, 0.1) is 6.67 Å². The van der Waals surface area contributed by atoms with Crippen LogP contribution in [0.5, 0.6) is 0 Å². The van der Waals surface area contributed by atoms with E-state index in [2.05, 4.69) is 70.5 Å². The van der Waals surface area contributed by atoms with Crippen molar-refractivity contribution in [1.82, 2.24) is 9.80 Å². The first-order chi connectivity index (χ1) is 9.90. The van der Waals surface area contributed by atoms with Crippen molar-refractivity contribution in [3.8, 4) is 0 Å². The molecule has 2 fully saturated rings. The molecule has 0 spiro atoms. The minimum absolute atomic E-state index is 0.791.